The number of carboxylic acid groups (broad SMARTS) is 1. The second kappa shape index (κ2) is 7.05. The monoisotopic (exact) mass is 341 g/mol. The maximum absolute atomic E-state index is 12.1. The first-order valence-corrected chi connectivity index (χ1v) is 8.70. The van der Waals surface area contributed by atoms with Gasteiger partial charge in [-0.1, -0.05) is 6.92 Å². The van der Waals surface area contributed by atoms with E-state index in [1.807, 2.05) is 0 Å². The van der Waals surface area contributed by atoms with Crippen LogP contribution >= 0.6 is 0 Å². The summed E-state index contributed by atoms with van der Waals surface area (Å²) < 4.78 is 26.3. The second-order valence-corrected chi connectivity index (χ2v) is 7.32. The average molecular weight is 341 g/mol. The molecule has 1 aromatic heterocycles. The number of hydrogen-bond acceptors (Lipinski definition) is 5. The number of hydrogen-bond donors (Lipinski definition) is 2. The Morgan fingerprint density at radius 3 is 2.74 bits per heavy atom. The van der Waals surface area contributed by atoms with Gasteiger partial charge in [-0.25, -0.2) is 13.1 Å². The number of likely N-dealkylation sites (tertiary alicyclic amines) is 1. The lowest BCUT2D eigenvalue weighted by molar-refractivity contribution is -0.142. The smallest absolute Gasteiger partial charge is 0.308 e. The van der Waals surface area contributed by atoms with Crippen LogP contribution in [0.1, 0.15) is 13.3 Å². The largest absolute Gasteiger partial charge is 0.481 e. The summed E-state index contributed by atoms with van der Waals surface area (Å²) in [6.45, 7) is 2.30. The van der Waals surface area contributed by atoms with Crippen molar-refractivity contribution < 1.29 is 23.1 Å². The lowest BCUT2D eigenvalue weighted by atomic mass is 9.99. The normalized spacial score (nSPS) is 21.3. The number of pyridine rings is 1. The number of amides is 1. The molecule has 0 spiro atoms. The molecule has 23 heavy (non-hydrogen) atoms. The summed E-state index contributed by atoms with van der Waals surface area (Å²) in [6.07, 6.45) is 2.68. The highest BCUT2D eigenvalue weighted by Gasteiger charge is 2.36. The molecule has 0 radical (unpaired) electrons. The molecule has 1 aliphatic heterocycles. The summed E-state index contributed by atoms with van der Waals surface area (Å²) in [5.41, 5.74) is 0. The summed E-state index contributed by atoms with van der Waals surface area (Å²) in [5, 5.41) is 9.06. The first-order chi connectivity index (χ1) is 10.8. The van der Waals surface area contributed by atoms with Crippen molar-refractivity contribution in [1.29, 1.82) is 0 Å². The summed E-state index contributed by atoms with van der Waals surface area (Å²) in [6, 6.07) is 2.92. The summed E-state index contributed by atoms with van der Waals surface area (Å²) in [7, 11) is -3.69. The first-order valence-electron chi connectivity index (χ1n) is 7.21. The Bertz CT molecular complexity index is 677. The van der Waals surface area contributed by atoms with Crippen LogP contribution in [0.25, 0.3) is 0 Å². The van der Waals surface area contributed by atoms with E-state index in [0.717, 1.165) is 0 Å². The second-order valence-electron chi connectivity index (χ2n) is 5.56. The number of nitrogens with one attached hydrogen (secondary N) is 1. The minimum atomic E-state index is -3.69. The van der Waals surface area contributed by atoms with Crippen LogP contribution in [0.2, 0.25) is 0 Å². The van der Waals surface area contributed by atoms with Gasteiger partial charge >= 0.3 is 5.97 Å². The van der Waals surface area contributed by atoms with E-state index in [2.05, 4.69) is 9.71 Å². The van der Waals surface area contributed by atoms with E-state index in [-0.39, 0.29) is 36.2 Å². The van der Waals surface area contributed by atoms with Crippen molar-refractivity contribution in [1.82, 2.24) is 14.6 Å². The Morgan fingerprint density at radius 1 is 1.43 bits per heavy atom. The molecule has 2 atom stereocenters. The Hall–Kier alpha value is -2.00. The molecule has 2 heterocycles. The Labute approximate surface area is 134 Å². The van der Waals surface area contributed by atoms with Gasteiger partial charge in [0.15, 0.2) is 0 Å². The molecule has 8 nitrogen and oxygen atoms in total. The average Bonchev–Trinajstić information content (AvgIpc) is 2.90. The van der Waals surface area contributed by atoms with Gasteiger partial charge in [-0.2, -0.15) is 0 Å². The molecule has 0 aliphatic carbocycles. The summed E-state index contributed by atoms with van der Waals surface area (Å²) >= 11 is 0. The number of sulfonamides is 1. The highest BCUT2D eigenvalue weighted by molar-refractivity contribution is 7.89. The maximum Gasteiger partial charge on any atom is 0.308 e. The SMILES string of the molecule is C[C@@H]1CN(C(=O)CCNS(=O)(=O)c2cccnc2)C[C@H]1C(=O)O. The third-order valence-electron chi connectivity index (χ3n) is 3.86. The zero-order valence-corrected chi connectivity index (χ0v) is 13.5. The Morgan fingerprint density at radius 2 is 2.17 bits per heavy atom. The highest BCUT2D eigenvalue weighted by atomic mass is 32.2. The standard InChI is InChI=1S/C14H19N3O5S/c1-10-8-17(9-12(10)14(19)20)13(18)4-6-16-23(21,22)11-3-2-5-15-7-11/h2-3,5,7,10,12,16H,4,6,8-9H2,1H3,(H,19,20)/t10-,12-/m1/s1. The predicted octanol–water partition coefficient (Wildman–Crippen LogP) is -0.0709. The van der Waals surface area contributed by atoms with Gasteiger partial charge in [-0.3, -0.25) is 14.6 Å². The number of rotatable bonds is 6. The van der Waals surface area contributed by atoms with Gasteiger partial charge in [-0.05, 0) is 18.1 Å². The van der Waals surface area contributed by atoms with Crippen LogP contribution in [-0.2, 0) is 19.6 Å². The molecule has 0 bridgehead atoms. The molecule has 0 unspecified atom stereocenters. The molecule has 1 amide bonds. The molecular weight excluding hydrogens is 322 g/mol. The molecular formula is C14H19N3O5S. The minimum Gasteiger partial charge on any atom is -0.481 e. The van der Waals surface area contributed by atoms with E-state index in [1.54, 1.807) is 6.92 Å². The van der Waals surface area contributed by atoms with Crippen LogP contribution in [0.5, 0.6) is 0 Å². The van der Waals surface area contributed by atoms with Crippen molar-refractivity contribution in [3.05, 3.63) is 24.5 Å². The minimum absolute atomic E-state index is 0.0153. The van der Waals surface area contributed by atoms with E-state index in [0.29, 0.717) is 6.54 Å². The van der Waals surface area contributed by atoms with E-state index < -0.39 is 21.9 Å². The molecule has 0 aromatic carbocycles. The molecule has 2 rings (SSSR count). The van der Waals surface area contributed by atoms with Gasteiger partial charge in [0, 0.05) is 38.4 Å². The van der Waals surface area contributed by atoms with Crippen LogP contribution in [0.3, 0.4) is 0 Å². The summed E-state index contributed by atoms with van der Waals surface area (Å²) in [4.78, 5) is 28.4. The van der Waals surface area contributed by atoms with Crippen LogP contribution in [0, 0.1) is 11.8 Å². The van der Waals surface area contributed by atoms with Crippen molar-refractivity contribution in [3.8, 4) is 0 Å². The van der Waals surface area contributed by atoms with Gasteiger partial charge in [-0.15, -0.1) is 0 Å². The fourth-order valence-electron chi connectivity index (χ4n) is 2.53. The zero-order chi connectivity index (χ0) is 17.0. The molecule has 126 valence electrons. The number of carbonyl (C=O) groups is 2. The van der Waals surface area contributed by atoms with Crippen LogP contribution < -0.4 is 4.72 Å². The molecule has 1 saturated heterocycles. The zero-order valence-electron chi connectivity index (χ0n) is 12.7. The van der Waals surface area contributed by atoms with Crippen molar-refractivity contribution in [2.45, 2.75) is 18.2 Å². The fraction of sp³-hybridized carbons (Fsp3) is 0.500. The molecule has 1 aliphatic rings. The number of aliphatic carboxylic acids is 1. The number of carboxylic acids is 1. The van der Waals surface area contributed by atoms with Crippen LogP contribution in [0.4, 0.5) is 0 Å². The van der Waals surface area contributed by atoms with E-state index in [1.165, 1.54) is 29.4 Å². The third kappa shape index (κ3) is 4.26. The fourth-order valence-corrected chi connectivity index (χ4v) is 3.53. The summed E-state index contributed by atoms with van der Waals surface area (Å²) in [5.74, 6) is -1.84. The lowest BCUT2D eigenvalue weighted by Crippen LogP contribution is -2.33. The van der Waals surface area contributed by atoms with Crippen molar-refractivity contribution >= 4 is 21.9 Å². The lowest BCUT2D eigenvalue weighted by Gasteiger charge is -2.16. The molecule has 2 N–H and O–H groups in total. The van der Waals surface area contributed by atoms with Crippen molar-refractivity contribution in [2.75, 3.05) is 19.6 Å². The Balaban J connectivity index is 1.85. The van der Waals surface area contributed by atoms with Crippen LogP contribution in [0.15, 0.2) is 29.4 Å². The van der Waals surface area contributed by atoms with E-state index in [4.69, 9.17) is 5.11 Å². The predicted molar refractivity (Wildman–Crippen MR) is 80.9 cm³/mol. The van der Waals surface area contributed by atoms with Crippen molar-refractivity contribution in [2.24, 2.45) is 11.8 Å². The van der Waals surface area contributed by atoms with Crippen molar-refractivity contribution in [3.63, 3.8) is 0 Å². The third-order valence-corrected chi connectivity index (χ3v) is 5.30. The van der Waals surface area contributed by atoms with Gasteiger partial charge in [0.1, 0.15) is 4.90 Å². The topological polar surface area (TPSA) is 117 Å². The molecule has 1 fully saturated rings. The number of carbonyl (C=O) groups excluding carboxylic acids is 1. The van der Waals surface area contributed by atoms with Gasteiger partial charge in [0.2, 0.25) is 15.9 Å². The Kier molecular flexibility index (Phi) is 5.32. The van der Waals surface area contributed by atoms with Gasteiger partial charge in [0.25, 0.3) is 0 Å². The first kappa shape index (κ1) is 17.4. The molecule has 1 aromatic rings. The number of aromatic nitrogens is 1. The maximum atomic E-state index is 12.1. The molecule has 9 heteroatoms. The van der Waals surface area contributed by atoms with E-state index in [9.17, 15) is 18.0 Å². The highest BCUT2D eigenvalue weighted by Crippen LogP contribution is 2.23. The van der Waals surface area contributed by atoms with Gasteiger partial charge < -0.3 is 10.0 Å². The number of nitrogens with zero attached hydrogens (tertiary/aromatic N) is 2. The van der Waals surface area contributed by atoms with Crippen LogP contribution in [-0.4, -0.2) is 54.9 Å². The molecule has 0 saturated carbocycles. The van der Waals surface area contributed by atoms with Gasteiger partial charge in [0.05, 0.1) is 5.92 Å². The quantitative estimate of drug-likeness (QED) is 0.748. The van der Waals surface area contributed by atoms with E-state index >= 15 is 0 Å².